The lowest BCUT2D eigenvalue weighted by Crippen LogP contribution is -2.32. The zero-order valence-corrected chi connectivity index (χ0v) is 11.7. The maximum atomic E-state index is 12.3. The van der Waals surface area contributed by atoms with Crippen molar-refractivity contribution in [2.45, 2.75) is 18.2 Å². The zero-order chi connectivity index (χ0) is 15.3. The van der Waals surface area contributed by atoms with Crippen LogP contribution in [0.4, 0.5) is 5.69 Å². The number of benzene rings is 1. The number of nitro benzene ring substituents is 1. The molecule has 8 nitrogen and oxygen atoms in total. The number of aliphatic hydroxyl groups excluding tert-OH is 1. The van der Waals surface area contributed by atoms with Crippen LogP contribution in [-0.2, 0) is 10.0 Å². The third-order valence-corrected chi connectivity index (χ3v) is 4.67. The van der Waals surface area contributed by atoms with Gasteiger partial charge < -0.3 is 10.2 Å². The Morgan fingerprint density at radius 3 is 2.55 bits per heavy atom. The number of aliphatic hydroxyl groups is 1. The molecule has 0 spiro atoms. The molecule has 0 radical (unpaired) electrons. The summed E-state index contributed by atoms with van der Waals surface area (Å²) in [6.07, 6.45) is 0.271. The third kappa shape index (κ3) is 3.44. The molecule has 112 valence electrons. The van der Waals surface area contributed by atoms with E-state index < -0.39 is 26.4 Å². The minimum absolute atomic E-state index is 0.115. The zero-order valence-electron chi connectivity index (χ0n) is 10.9. The summed E-state index contributed by atoms with van der Waals surface area (Å²) in [6, 6.07) is 2.91. The average molecular weight is 304 g/mol. The highest BCUT2D eigenvalue weighted by molar-refractivity contribution is 7.89. The van der Waals surface area contributed by atoms with Crippen LogP contribution in [0.5, 0.6) is 5.75 Å². The van der Waals surface area contributed by atoms with Crippen LogP contribution < -0.4 is 0 Å². The smallest absolute Gasteiger partial charge is 0.312 e. The van der Waals surface area contributed by atoms with E-state index in [9.17, 15) is 23.6 Å². The maximum absolute atomic E-state index is 12.3. The Bertz CT molecular complexity index is 587. The number of phenolic OH excluding ortho intramolecular Hbond substituents is 1. The Kier molecular flexibility index (Phi) is 5.43. The molecule has 9 heteroatoms. The molecule has 0 bridgehead atoms. The van der Waals surface area contributed by atoms with Gasteiger partial charge in [-0.2, -0.15) is 4.31 Å². The quantitative estimate of drug-likeness (QED) is 0.565. The number of sulfonamides is 1. The molecule has 0 aliphatic heterocycles. The van der Waals surface area contributed by atoms with Crippen LogP contribution in [0.2, 0.25) is 0 Å². The molecule has 0 fully saturated rings. The van der Waals surface area contributed by atoms with E-state index in [1.807, 2.05) is 0 Å². The molecule has 0 heterocycles. The van der Waals surface area contributed by atoms with E-state index in [2.05, 4.69) is 0 Å². The molecule has 1 aromatic rings. The fourth-order valence-corrected chi connectivity index (χ4v) is 3.16. The molecular weight excluding hydrogens is 288 g/mol. The van der Waals surface area contributed by atoms with E-state index in [-0.39, 0.29) is 31.0 Å². The summed E-state index contributed by atoms with van der Waals surface area (Å²) < 4.78 is 25.7. The van der Waals surface area contributed by atoms with Crippen molar-refractivity contribution in [2.75, 3.05) is 19.7 Å². The minimum Gasteiger partial charge on any atom is -0.502 e. The van der Waals surface area contributed by atoms with Gasteiger partial charge in [-0.15, -0.1) is 0 Å². The second-order valence-electron chi connectivity index (χ2n) is 3.98. The van der Waals surface area contributed by atoms with Gasteiger partial charge in [0, 0.05) is 25.8 Å². The van der Waals surface area contributed by atoms with Crippen LogP contribution in [0.1, 0.15) is 13.3 Å². The highest BCUT2D eigenvalue weighted by atomic mass is 32.2. The molecule has 0 saturated heterocycles. The highest BCUT2D eigenvalue weighted by Gasteiger charge is 2.26. The molecule has 20 heavy (non-hydrogen) atoms. The van der Waals surface area contributed by atoms with E-state index in [1.165, 1.54) is 0 Å². The van der Waals surface area contributed by atoms with Crippen molar-refractivity contribution in [3.8, 4) is 5.75 Å². The van der Waals surface area contributed by atoms with Gasteiger partial charge in [-0.3, -0.25) is 10.1 Å². The van der Waals surface area contributed by atoms with Gasteiger partial charge in [0.25, 0.3) is 0 Å². The lowest BCUT2D eigenvalue weighted by atomic mass is 10.3. The first-order chi connectivity index (χ1) is 9.34. The summed E-state index contributed by atoms with van der Waals surface area (Å²) in [5.41, 5.74) is -0.663. The van der Waals surface area contributed by atoms with Crippen LogP contribution >= 0.6 is 0 Å². The number of nitro groups is 1. The Labute approximate surface area is 116 Å². The predicted molar refractivity (Wildman–Crippen MR) is 70.9 cm³/mol. The van der Waals surface area contributed by atoms with Crippen LogP contribution in [0.15, 0.2) is 23.1 Å². The van der Waals surface area contributed by atoms with E-state index in [4.69, 9.17) is 5.11 Å². The van der Waals surface area contributed by atoms with Crippen LogP contribution in [0, 0.1) is 10.1 Å². The average Bonchev–Trinajstić information content (AvgIpc) is 2.39. The van der Waals surface area contributed by atoms with Crippen molar-refractivity contribution in [3.05, 3.63) is 28.3 Å². The molecule has 2 N–H and O–H groups in total. The number of rotatable bonds is 7. The largest absolute Gasteiger partial charge is 0.502 e. The van der Waals surface area contributed by atoms with Crippen LogP contribution in [0.3, 0.4) is 0 Å². The van der Waals surface area contributed by atoms with Crippen molar-refractivity contribution in [2.24, 2.45) is 0 Å². The molecule has 1 aromatic carbocycles. The van der Waals surface area contributed by atoms with Crippen LogP contribution in [0.25, 0.3) is 0 Å². The number of nitrogens with zero attached hydrogens (tertiary/aromatic N) is 2. The van der Waals surface area contributed by atoms with Gasteiger partial charge in [0.1, 0.15) is 0 Å². The fraction of sp³-hybridized carbons (Fsp3) is 0.455. The van der Waals surface area contributed by atoms with E-state index in [0.29, 0.717) is 0 Å². The van der Waals surface area contributed by atoms with Gasteiger partial charge in [0.15, 0.2) is 5.75 Å². The van der Waals surface area contributed by atoms with Crippen molar-refractivity contribution >= 4 is 15.7 Å². The summed E-state index contributed by atoms with van der Waals surface area (Å²) in [6.45, 7) is 1.77. The lowest BCUT2D eigenvalue weighted by molar-refractivity contribution is -0.386. The SMILES string of the molecule is CCN(CCCO)S(=O)(=O)c1ccc(O)c([N+](=O)[O-])c1. The molecule has 1 rings (SSSR count). The first kappa shape index (κ1) is 16.3. The van der Waals surface area contributed by atoms with Gasteiger partial charge in [0.2, 0.25) is 10.0 Å². The van der Waals surface area contributed by atoms with Gasteiger partial charge in [-0.05, 0) is 18.6 Å². The highest BCUT2D eigenvalue weighted by Crippen LogP contribution is 2.29. The fourth-order valence-electron chi connectivity index (χ4n) is 1.65. The van der Waals surface area contributed by atoms with Crippen molar-refractivity contribution in [3.63, 3.8) is 0 Å². The number of phenols is 1. The minimum atomic E-state index is -3.89. The van der Waals surface area contributed by atoms with Crippen LogP contribution in [-0.4, -0.2) is 47.6 Å². The van der Waals surface area contributed by atoms with E-state index in [1.54, 1.807) is 6.92 Å². The van der Waals surface area contributed by atoms with Gasteiger partial charge >= 0.3 is 5.69 Å². The first-order valence-electron chi connectivity index (χ1n) is 5.93. The maximum Gasteiger partial charge on any atom is 0.312 e. The van der Waals surface area contributed by atoms with Gasteiger partial charge in [-0.1, -0.05) is 6.92 Å². The molecule has 0 aromatic heterocycles. The second kappa shape index (κ2) is 6.64. The summed E-state index contributed by atoms with van der Waals surface area (Å²) in [7, 11) is -3.89. The molecule has 0 unspecified atom stereocenters. The van der Waals surface area contributed by atoms with E-state index in [0.717, 1.165) is 22.5 Å². The topological polar surface area (TPSA) is 121 Å². The van der Waals surface area contributed by atoms with Crippen molar-refractivity contribution < 1.29 is 23.6 Å². The first-order valence-corrected chi connectivity index (χ1v) is 7.37. The summed E-state index contributed by atoms with van der Waals surface area (Å²) in [4.78, 5) is 9.61. The Balaban J connectivity index is 3.20. The monoisotopic (exact) mass is 304 g/mol. The molecule has 0 atom stereocenters. The van der Waals surface area contributed by atoms with Gasteiger partial charge in [0.05, 0.1) is 9.82 Å². The van der Waals surface area contributed by atoms with Crippen molar-refractivity contribution in [1.29, 1.82) is 0 Å². The predicted octanol–water partition coefficient (Wildman–Crippen LogP) is 0.693. The molecule has 0 amide bonds. The standard InChI is InChI=1S/C11H16N2O6S/c1-2-12(6-3-7-14)20(18,19)9-4-5-11(15)10(8-9)13(16)17/h4-5,8,14-15H,2-3,6-7H2,1H3. The Morgan fingerprint density at radius 2 is 2.05 bits per heavy atom. The Hall–Kier alpha value is -1.71. The number of hydrogen-bond donors (Lipinski definition) is 2. The van der Waals surface area contributed by atoms with E-state index >= 15 is 0 Å². The van der Waals surface area contributed by atoms with Gasteiger partial charge in [-0.25, -0.2) is 8.42 Å². The number of aromatic hydroxyl groups is 1. The Morgan fingerprint density at radius 1 is 1.40 bits per heavy atom. The summed E-state index contributed by atoms with van der Waals surface area (Å²) in [5, 5.41) is 28.8. The molecule has 0 saturated carbocycles. The third-order valence-electron chi connectivity index (χ3n) is 2.70. The molecule has 0 aliphatic carbocycles. The normalized spacial score (nSPS) is 11.8. The number of hydrogen-bond acceptors (Lipinski definition) is 6. The molecular formula is C11H16N2O6S. The second-order valence-corrected chi connectivity index (χ2v) is 5.92. The summed E-state index contributed by atoms with van der Waals surface area (Å²) in [5.74, 6) is -0.590. The summed E-state index contributed by atoms with van der Waals surface area (Å²) >= 11 is 0. The molecule has 0 aliphatic rings. The van der Waals surface area contributed by atoms with Crippen molar-refractivity contribution in [1.82, 2.24) is 4.31 Å². The lowest BCUT2D eigenvalue weighted by Gasteiger charge is -2.19.